The molecule has 0 saturated carbocycles. The highest BCUT2D eigenvalue weighted by Gasteiger charge is 2.33. The number of aliphatic carboxylic acids is 1. The number of carbonyl (C=O) groups is 7. The number of carboxylic acid groups (broad SMARTS) is 1. The van der Waals surface area contributed by atoms with Crippen LogP contribution in [0.1, 0.15) is 52.4 Å². The second-order valence-electron chi connectivity index (χ2n) is 8.12. The number of nitrogens with one attached hydrogen (secondary N) is 3. The maximum absolute atomic E-state index is 12.9. The minimum Gasteiger partial charge on any atom is -0.480 e. The lowest BCUT2D eigenvalue weighted by Crippen LogP contribution is -2.59. The minimum atomic E-state index is -1.61. The van der Waals surface area contributed by atoms with E-state index in [4.69, 9.17) is 22.9 Å². The Kier molecular flexibility index (Phi) is 13.6. The van der Waals surface area contributed by atoms with Gasteiger partial charge in [0, 0.05) is 12.8 Å². The van der Waals surface area contributed by atoms with E-state index in [9.17, 15) is 38.7 Å². The third-order valence-electron chi connectivity index (χ3n) is 5.16. The molecule has 5 atom stereocenters. The van der Waals surface area contributed by atoms with Gasteiger partial charge in [-0.2, -0.15) is 0 Å². The van der Waals surface area contributed by atoms with Crippen LogP contribution in [0.5, 0.6) is 0 Å². The molecule has 0 aliphatic rings. The number of amides is 6. The van der Waals surface area contributed by atoms with E-state index in [1.165, 1.54) is 0 Å². The van der Waals surface area contributed by atoms with E-state index in [2.05, 4.69) is 16.0 Å². The number of carboxylic acids is 1. The van der Waals surface area contributed by atoms with Crippen LogP contribution >= 0.6 is 0 Å². The normalized spacial score (nSPS) is 14.9. The van der Waals surface area contributed by atoms with Crippen LogP contribution in [0, 0.1) is 5.92 Å². The van der Waals surface area contributed by atoms with E-state index < -0.39 is 77.9 Å². The summed E-state index contributed by atoms with van der Waals surface area (Å²) in [4.78, 5) is 82.7. The fourth-order valence-corrected chi connectivity index (χ4v) is 2.88. The van der Waals surface area contributed by atoms with Gasteiger partial charge >= 0.3 is 5.97 Å². The Morgan fingerprint density at radius 2 is 1.26 bits per heavy atom. The largest absolute Gasteiger partial charge is 0.480 e. The summed E-state index contributed by atoms with van der Waals surface area (Å²) in [5.41, 5.74) is 20.9. The summed E-state index contributed by atoms with van der Waals surface area (Å²) in [6, 6.07) is -5.36. The lowest BCUT2D eigenvalue weighted by Gasteiger charge is -2.28. The van der Waals surface area contributed by atoms with Crippen LogP contribution in [-0.2, 0) is 33.6 Å². The topological polar surface area (TPSA) is 280 Å². The molecule has 0 aromatic heterocycles. The highest BCUT2D eigenvalue weighted by atomic mass is 16.4. The zero-order valence-electron chi connectivity index (χ0n) is 19.7. The first-order valence-corrected chi connectivity index (χ1v) is 10.9. The summed E-state index contributed by atoms with van der Waals surface area (Å²) in [5.74, 6) is -6.91. The van der Waals surface area contributed by atoms with Gasteiger partial charge in [0.25, 0.3) is 0 Å². The monoisotopic (exact) mass is 501 g/mol. The molecule has 12 N–H and O–H groups in total. The number of rotatable bonds is 17. The van der Waals surface area contributed by atoms with Gasteiger partial charge in [0.05, 0.1) is 12.5 Å². The molecule has 15 heteroatoms. The van der Waals surface area contributed by atoms with Gasteiger partial charge in [-0.25, -0.2) is 4.79 Å². The number of primary amides is 3. The zero-order valence-corrected chi connectivity index (χ0v) is 19.7. The van der Waals surface area contributed by atoms with Crippen molar-refractivity contribution < 1.29 is 38.7 Å². The lowest BCUT2D eigenvalue weighted by atomic mass is 9.97. The summed E-state index contributed by atoms with van der Waals surface area (Å²) >= 11 is 0. The van der Waals surface area contributed by atoms with Gasteiger partial charge in [0.1, 0.15) is 18.1 Å². The van der Waals surface area contributed by atoms with Crippen molar-refractivity contribution in [1.82, 2.24) is 16.0 Å². The Morgan fingerprint density at radius 3 is 1.71 bits per heavy atom. The Labute approximate surface area is 202 Å². The van der Waals surface area contributed by atoms with Gasteiger partial charge in [-0.05, 0) is 18.8 Å². The van der Waals surface area contributed by atoms with Gasteiger partial charge in [0.2, 0.25) is 35.4 Å². The minimum absolute atomic E-state index is 0.0837. The van der Waals surface area contributed by atoms with Crippen LogP contribution in [0.2, 0.25) is 0 Å². The predicted octanol–water partition coefficient (Wildman–Crippen LogP) is -3.69. The second kappa shape index (κ2) is 15.2. The molecule has 0 aliphatic heterocycles. The molecule has 0 aromatic carbocycles. The molecule has 15 nitrogen and oxygen atoms in total. The standard InChI is InChI=1S/C20H35N7O8/c1-3-9(2)16(19(33)26-12(20(34)35)8-15(24)30)27-18(32)11(5-7-14(23)29)25-17(31)10(21)4-6-13(22)28/h9-12,16H,3-8,21H2,1-2H3,(H2,22,28)(H2,23,29)(H2,24,30)(H,25,31)(H,26,33)(H,27,32)(H,34,35). The van der Waals surface area contributed by atoms with Crippen LogP contribution in [0.25, 0.3) is 0 Å². The zero-order chi connectivity index (χ0) is 27.3. The highest BCUT2D eigenvalue weighted by Crippen LogP contribution is 2.10. The Hall–Kier alpha value is -3.75. The average molecular weight is 502 g/mol. The first kappa shape index (κ1) is 31.2. The average Bonchev–Trinajstić information content (AvgIpc) is 2.76. The Bertz CT molecular complexity index is 819. The van der Waals surface area contributed by atoms with Crippen LogP contribution in [0.4, 0.5) is 0 Å². The van der Waals surface area contributed by atoms with E-state index >= 15 is 0 Å². The van der Waals surface area contributed by atoms with Crippen molar-refractivity contribution in [3.8, 4) is 0 Å². The van der Waals surface area contributed by atoms with Gasteiger partial charge in [-0.15, -0.1) is 0 Å². The molecule has 0 bridgehead atoms. The van der Waals surface area contributed by atoms with Crippen molar-refractivity contribution in [3.05, 3.63) is 0 Å². The van der Waals surface area contributed by atoms with E-state index in [1.807, 2.05) is 0 Å². The summed E-state index contributed by atoms with van der Waals surface area (Å²) in [6.45, 7) is 3.34. The maximum atomic E-state index is 12.9. The SMILES string of the molecule is CCC(C)C(NC(=O)C(CCC(N)=O)NC(=O)C(N)CCC(N)=O)C(=O)NC(CC(N)=O)C(=O)O. The molecule has 6 amide bonds. The molecule has 5 unspecified atom stereocenters. The van der Waals surface area contributed by atoms with E-state index in [1.54, 1.807) is 13.8 Å². The molecule has 35 heavy (non-hydrogen) atoms. The van der Waals surface area contributed by atoms with Crippen LogP contribution < -0.4 is 38.9 Å². The molecule has 0 aliphatic carbocycles. The molecule has 198 valence electrons. The summed E-state index contributed by atoms with van der Waals surface area (Å²) < 4.78 is 0. The van der Waals surface area contributed by atoms with Crippen LogP contribution in [-0.4, -0.2) is 70.7 Å². The fourth-order valence-electron chi connectivity index (χ4n) is 2.88. The van der Waals surface area contributed by atoms with Crippen molar-refractivity contribution >= 4 is 41.4 Å². The summed E-state index contributed by atoms with van der Waals surface area (Å²) in [5, 5.41) is 16.2. The molecule has 0 aromatic rings. The molecule has 0 saturated heterocycles. The first-order chi connectivity index (χ1) is 16.2. The van der Waals surface area contributed by atoms with Crippen molar-refractivity contribution in [2.75, 3.05) is 0 Å². The quantitative estimate of drug-likeness (QED) is 0.0971. The summed E-state index contributed by atoms with van der Waals surface area (Å²) in [7, 11) is 0. The third kappa shape index (κ3) is 12.3. The number of carbonyl (C=O) groups excluding carboxylic acids is 6. The van der Waals surface area contributed by atoms with E-state index in [0.29, 0.717) is 6.42 Å². The van der Waals surface area contributed by atoms with Gasteiger partial charge in [0.15, 0.2) is 0 Å². The molecule has 0 fully saturated rings. The number of nitrogens with two attached hydrogens (primary N) is 4. The van der Waals surface area contributed by atoms with E-state index in [0.717, 1.165) is 0 Å². The smallest absolute Gasteiger partial charge is 0.326 e. The molecular weight excluding hydrogens is 466 g/mol. The van der Waals surface area contributed by atoms with Crippen LogP contribution in [0.3, 0.4) is 0 Å². The summed E-state index contributed by atoms with van der Waals surface area (Å²) in [6.07, 6.45) is -1.03. The number of hydrogen-bond donors (Lipinski definition) is 8. The van der Waals surface area contributed by atoms with E-state index in [-0.39, 0.29) is 25.7 Å². The van der Waals surface area contributed by atoms with Crippen molar-refractivity contribution in [1.29, 1.82) is 0 Å². The van der Waals surface area contributed by atoms with Gasteiger partial charge in [-0.3, -0.25) is 28.8 Å². The fraction of sp³-hybridized carbons (Fsp3) is 0.650. The van der Waals surface area contributed by atoms with Gasteiger partial charge in [-0.1, -0.05) is 20.3 Å². The Balaban J connectivity index is 5.62. The molecule has 0 radical (unpaired) electrons. The van der Waals surface area contributed by atoms with Gasteiger partial charge < -0.3 is 44.0 Å². The van der Waals surface area contributed by atoms with Crippen LogP contribution in [0.15, 0.2) is 0 Å². The molecule has 0 spiro atoms. The van der Waals surface area contributed by atoms with Crippen molar-refractivity contribution in [2.24, 2.45) is 28.9 Å². The maximum Gasteiger partial charge on any atom is 0.326 e. The first-order valence-electron chi connectivity index (χ1n) is 10.9. The third-order valence-corrected chi connectivity index (χ3v) is 5.16. The lowest BCUT2D eigenvalue weighted by molar-refractivity contribution is -0.144. The highest BCUT2D eigenvalue weighted by molar-refractivity contribution is 5.95. The second-order valence-corrected chi connectivity index (χ2v) is 8.12. The predicted molar refractivity (Wildman–Crippen MR) is 122 cm³/mol. The molecule has 0 heterocycles. The van der Waals surface area contributed by atoms with Crippen molar-refractivity contribution in [3.63, 3.8) is 0 Å². The van der Waals surface area contributed by atoms with Crippen molar-refractivity contribution in [2.45, 2.75) is 76.5 Å². The Morgan fingerprint density at radius 1 is 0.743 bits per heavy atom. The number of hydrogen-bond acceptors (Lipinski definition) is 8. The molecular formula is C20H35N7O8. The molecule has 0 rings (SSSR count).